The maximum atomic E-state index is 12.7. The fraction of sp³-hybridized carbons (Fsp3) is 0.500. The number of hydrogen-bond acceptors (Lipinski definition) is 5. The van der Waals surface area contributed by atoms with Crippen LogP contribution in [-0.2, 0) is 14.6 Å². The Morgan fingerprint density at radius 1 is 1.22 bits per heavy atom. The van der Waals surface area contributed by atoms with Gasteiger partial charge in [-0.3, -0.25) is 9.59 Å². The topological polar surface area (TPSA) is 74.8 Å². The number of halogens is 3. The van der Waals surface area contributed by atoms with Gasteiger partial charge in [0.15, 0.2) is 0 Å². The number of rotatable bonds is 4. The van der Waals surface area contributed by atoms with Crippen LogP contribution in [0.15, 0.2) is 29.2 Å². The van der Waals surface area contributed by atoms with Crippen LogP contribution in [0.25, 0.3) is 0 Å². The number of hydrogen-bond donors (Lipinski definition) is 0. The van der Waals surface area contributed by atoms with E-state index in [0.29, 0.717) is 5.75 Å². The molecule has 1 aliphatic rings. The van der Waals surface area contributed by atoms with Crippen LogP contribution in [0.2, 0.25) is 0 Å². The summed E-state index contributed by atoms with van der Waals surface area (Å²) in [5, 5.41) is 0. The molecule has 1 aromatic carbocycles. The van der Waals surface area contributed by atoms with Crippen LogP contribution in [0.5, 0.6) is 0 Å². The van der Waals surface area contributed by atoms with Crippen LogP contribution < -0.4 is 0 Å². The third kappa shape index (κ3) is 4.23. The average Bonchev–Trinajstić information content (AvgIpc) is 3.08. The summed E-state index contributed by atoms with van der Waals surface area (Å²) in [4.78, 5) is 27.2. The third-order valence-electron chi connectivity index (χ3n) is 4.27. The van der Waals surface area contributed by atoms with Gasteiger partial charge in [0.2, 0.25) is 5.91 Å². The summed E-state index contributed by atoms with van der Waals surface area (Å²) >= 11 is 1.39. The molecule has 0 N–H and O–H groups in total. The van der Waals surface area contributed by atoms with Gasteiger partial charge in [0.05, 0.1) is 10.8 Å². The highest BCUT2D eigenvalue weighted by atomic mass is 32.2. The van der Waals surface area contributed by atoms with Gasteiger partial charge in [-0.25, -0.2) is 8.42 Å². The van der Waals surface area contributed by atoms with E-state index in [2.05, 4.69) is 0 Å². The van der Waals surface area contributed by atoms with E-state index in [4.69, 9.17) is 0 Å². The van der Waals surface area contributed by atoms with Crippen LogP contribution in [-0.4, -0.2) is 66.3 Å². The standard InChI is InChI=1S/C16H19F3N2O4S2/c1-10(2)20(3)15(23)13-8-26-9-21(13)14(22)11-4-6-12(7-5-11)27(24,25)16(17,18)19/h4-7,10,13H,8-9H2,1-3H3/t13-/m0/s1. The fourth-order valence-electron chi connectivity index (χ4n) is 2.41. The first-order chi connectivity index (χ1) is 12.4. The molecular weight excluding hydrogens is 405 g/mol. The Labute approximate surface area is 159 Å². The Bertz CT molecular complexity index is 823. The number of benzene rings is 1. The van der Waals surface area contributed by atoms with Crippen LogP contribution in [0, 0.1) is 0 Å². The summed E-state index contributed by atoms with van der Waals surface area (Å²) in [6, 6.07) is 2.82. The first-order valence-electron chi connectivity index (χ1n) is 7.94. The molecule has 1 aromatic rings. The number of carbonyl (C=O) groups excluding carboxylic acids is 2. The van der Waals surface area contributed by atoms with Gasteiger partial charge >= 0.3 is 5.51 Å². The molecule has 1 aliphatic heterocycles. The van der Waals surface area contributed by atoms with Crippen molar-refractivity contribution < 1.29 is 31.2 Å². The van der Waals surface area contributed by atoms with Crippen LogP contribution in [0.3, 0.4) is 0 Å². The minimum absolute atomic E-state index is 0.0172. The highest BCUT2D eigenvalue weighted by molar-refractivity contribution is 7.99. The Morgan fingerprint density at radius 2 is 1.78 bits per heavy atom. The first kappa shape index (κ1) is 21.5. The molecule has 0 unspecified atom stereocenters. The fourth-order valence-corrected chi connectivity index (χ4v) is 4.32. The van der Waals surface area contributed by atoms with E-state index in [1.807, 2.05) is 13.8 Å². The lowest BCUT2D eigenvalue weighted by Crippen LogP contribution is -2.49. The molecule has 0 aliphatic carbocycles. The summed E-state index contributed by atoms with van der Waals surface area (Å²) in [6.45, 7) is 3.68. The normalized spacial score (nSPS) is 18.0. The Hall–Kier alpha value is -1.75. The van der Waals surface area contributed by atoms with Gasteiger partial charge in [0, 0.05) is 24.4 Å². The van der Waals surface area contributed by atoms with Crippen molar-refractivity contribution in [2.75, 3.05) is 18.7 Å². The van der Waals surface area contributed by atoms with Crippen molar-refractivity contribution in [1.82, 2.24) is 9.80 Å². The van der Waals surface area contributed by atoms with E-state index in [-0.39, 0.29) is 23.4 Å². The SMILES string of the molecule is CC(C)N(C)C(=O)[C@@H]1CSCN1C(=O)c1ccc(S(=O)(=O)C(F)(F)F)cc1. The zero-order valence-electron chi connectivity index (χ0n) is 14.9. The number of carbonyl (C=O) groups is 2. The van der Waals surface area contributed by atoms with E-state index in [1.165, 1.54) is 21.6 Å². The van der Waals surface area contributed by atoms with Gasteiger partial charge in [0.25, 0.3) is 15.7 Å². The van der Waals surface area contributed by atoms with Crippen LogP contribution in [0.4, 0.5) is 13.2 Å². The third-order valence-corrected chi connectivity index (χ3v) is 6.78. The lowest BCUT2D eigenvalue weighted by Gasteiger charge is -2.29. The summed E-state index contributed by atoms with van der Waals surface area (Å²) in [7, 11) is -3.84. The molecular formula is C16H19F3N2O4S2. The zero-order valence-corrected chi connectivity index (χ0v) is 16.5. The predicted octanol–water partition coefficient (Wildman–Crippen LogP) is 2.36. The molecule has 2 rings (SSSR count). The molecule has 11 heteroatoms. The minimum Gasteiger partial charge on any atom is -0.342 e. The minimum atomic E-state index is -5.47. The van der Waals surface area contributed by atoms with Crippen molar-refractivity contribution >= 4 is 33.4 Å². The zero-order chi connectivity index (χ0) is 20.6. The monoisotopic (exact) mass is 424 g/mol. The van der Waals surface area contributed by atoms with Gasteiger partial charge in [0.1, 0.15) is 6.04 Å². The van der Waals surface area contributed by atoms with Crippen LogP contribution >= 0.6 is 11.8 Å². The maximum absolute atomic E-state index is 12.7. The first-order valence-corrected chi connectivity index (χ1v) is 10.6. The highest BCUT2D eigenvalue weighted by Crippen LogP contribution is 2.31. The molecule has 0 radical (unpaired) electrons. The highest BCUT2D eigenvalue weighted by Gasteiger charge is 2.47. The number of amides is 2. The smallest absolute Gasteiger partial charge is 0.342 e. The van der Waals surface area contributed by atoms with Gasteiger partial charge in [-0.05, 0) is 38.1 Å². The van der Waals surface area contributed by atoms with E-state index in [1.54, 1.807) is 7.05 Å². The van der Waals surface area contributed by atoms with Gasteiger partial charge in [-0.2, -0.15) is 13.2 Å². The molecule has 1 fully saturated rings. The van der Waals surface area contributed by atoms with Crippen LogP contribution in [0.1, 0.15) is 24.2 Å². The molecule has 0 aromatic heterocycles. The molecule has 1 atom stereocenters. The number of sulfone groups is 1. The number of nitrogens with zero attached hydrogens (tertiary/aromatic N) is 2. The second-order valence-electron chi connectivity index (χ2n) is 6.31. The largest absolute Gasteiger partial charge is 0.501 e. The molecule has 0 saturated carbocycles. The quantitative estimate of drug-likeness (QED) is 0.742. The van der Waals surface area contributed by atoms with Crippen molar-refractivity contribution in [3.63, 3.8) is 0 Å². The predicted molar refractivity (Wildman–Crippen MR) is 94.9 cm³/mol. The van der Waals surface area contributed by atoms with E-state index in [9.17, 15) is 31.2 Å². The van der Waals surface area contributed by atoms with Crippen molar-refractivity contribution in [2.24, 2.45) is 0 Å². The number of likely N-dealkylation sites (N-methyl/N-ethyl adjacent to an activating group) is 1. The molecule has 0 bridgehead atoms. The second-order valence-corrected chi connectivity index (χ2v) is 9.25. The van der Waals surface area contributed by atoms with Crippen molar-refractivity contribution in [1.29, 1.82) is 0 Å². The number of thioether (sulfide) groups is 1. The lowest BCUT2D eigenvalue weighted by molar-refractivity contribution is -0.135. The molecule has 2 amide bonds. The molecule has 1 heterocycles. The maximum Gasteiger partial charge on any atom is 0.501 e. The summed E-state index contributed by atoms with van der Waals surface area (Å²) in [5.74, 6) is -0.0718. The summed E-state index contributed by atoms with van der Waals surface area (Å²) in [6.07, 6.45) is 0. The lowest BCUT2D eigenvalue weighted by atomic mass is 10.1. The van der Waals surface area contributed by atoms with Gasteiger partial charge in [-0.1, -0.05) is 0 Å². The Kier molecular flexibility index (Phi) is 6.15. The van der Waals surface area contributed by atoms with Crippen molar-refractivity contribution in [3.8, 4) is 0 Å². The van der Waals surface area contributed by atoms with Crippen molar-refractivity contribution in [3.05, 3.63) is 29.8 Å². The molecule has 150 valence electrons. The Morgan fingerprint density at radius 3 is 2.26 bits per heavy atom. The summed E-state index contributed by atoms with van der Waals surface area (Å²) in [5.41, 5.74) is -5.40. The Balaban J connectivity index is 2.24. The molecule has 6 nitrogen and oxygen atoms in total. The van der Waals surface area contributed by atoms with Gasteiger partial charge in [-0.15, -0.1) is 11.8 Å². The van der Waals surface area contributed by atoms with E-state index in [0.717, 1.165) is 24.3 Å². The molecule has 27 heavy (non-hydrogen) atoms. The average molecular weight is 424 g/mol. The molecule has 0 spiro atoms. The number of alkyl halides is 3. The second kappa shape index (κ2) is 7.70. The van der Waals surface area contributed by atoms with Crippen molar-refractivity contribution in [2.45, 2.75) is 36.3 Å². The van der Waals surface area contributed by atoms with E-state index < -0.39 is 32.2 Å². The summed E-state index contributed by atoms with van der Waals surface area (Å²) < 4.78 is 60.6. The van der Waals surface area contributed by atoms with Gasteiger partial charge < -0.3 is 9.80 Å². The van der Waals surface area contributed by atoms with E-state index >= 15 is 0 Å². The molecule has 1 saturated heterocycles.